The fourth-order valence-electron chi connectivity index (χ4n) is 1.85. The number of carbonyl (C=O) groups is 2. The van der Waals surface area contributed by atoms with E-state index in [-0.39, 0.29) is 24.8 Å². The van der Waals surface area contributed by atoms with Crippen molar-refractivity contribution < 1.29 is 14.3 Å². The summed E-state index contributed by atoms with van der Waals surface area (Å²) in [6.45, 7) is 6.22. The predicted molar refractivity (Wildman–Crippen MR) is 75.2 cm³/mol. The fourth-order valence-corrected chi connectivity index (χ4v) is 1.85. The van der Waals surface area contributed by atoms with Gasteiger partial charge in [-0.3, -0.25) is 14.7 Å². The predicted octanol–water partition coefficient (Wildman–Crippen LogP) is 0.970. The second-order valence-electron chi connectivity index (χ2n) is 4.35. The summed E-state index contributed by atoms with van der Waals surface area (Å²) in [5, 5.41) is 6.69. The van der Waals surface area contributed by atoms with Gasteiger partial charge in [0.1, 0.15) is 6.54 Å². The van der Waals surface area contributed by atoms with Crippen LogP contribution in [0.5, 0.6) is 0 Å². The van der Waals surface area contributed by atoms with Crippen molar-refractivity contribution in [3.63, 3.8) is 0 Å². The largest absolute Gasteiger partial charge is 0.465 e. The molecular weight excluding hydrogens is 260 g/mol. The van der Waals surface area contributed by atoms with Crippen LogP contribution in [0.25, 0.3) is 0 Å². The Bertz CT molecular complexity index is 470. The summed E-state index contributed by atoms with van der Waals surface area (Å²) < 4.78 is 4.87. The van der Waals surface area contributed by atoms with Crippen LogP contribution in [0.4, 0.5) is 5.69 Å². The molecule has 0 spiro atoms. The molecule has 7 nitrogen and oxygen atoms in total. The zero-order valence-electron chi connectivity index (χ0n) is 12.2. The smallest absolute Gasteiger partial charge is 0.325 e. The molecule has 0 saturated carbocycles. The van der Waals surface area contributed by atoms with Crippen molar-refractivity contribution in [3.05, 3.63) is 11.4 Å². The Hall–Kier alpha value is -2.05. The normalized spacial score (nSPS) is 10.3. The van der Waals surface area contributed by atoms with Crippen LogP contribution in [0.2, 0.25) is 0 Å². The average Bonchev–Trinajstić information content (AvgIpc) is 2.78. The number of aromatic nitrogens is 2. The molecule has 0 bridgehead atoms. The van der Waals surface area contributed by atoms with E-state index >= 15 is 0 Å². The number of hydrogen-bond acceptors (Lipinski definition) is 5. The highest BCUT2D eigenvalue weighted by molar-refractivity contribution is 5.99. The number of esters is 1. The lowest BCUT2D eigenvalue weighted by atomic mass is 10.2. The number of anilines is 1. The van der Waals surface area contributed by atoms with Gasteiger partial charge >= 0.3 is 5.97 Å². The van der Waals surface area contributed by atoms with Crippen LogP contribution in [-0.2, 0) is 16.0 Å². The number of nitrogen functional groups attached to an aromatic ring is 1. The summed E-state index contributed by atoms with van der Waals surface area (Å²) in [4.78, 5) is 25.3. The molecule has 112 valence electrons. The van der Waals surface area contributed by atoms with E-state index in [0.717, 1.165) is 12.1 Å². The highest BCUT2D eigenvalue weighted by Gasteiger charge is 2.24. The van der Waals surface area contributed by atoms with Crippen molar-refractivity contribution >= 4 is 17.6 Å². The minimum atomic E-state index is -0.431. The Balaban J connectivity index is 2.87. The molecule has 0 atom stereocenters. The first kappa shape index (κ1) is 16.0. The van der Waals surface area contributed by atoms with E-state index in [9.17, 15) is 9.59 Å². The third-order valence-electron chi connectivity index (χ3n) is 2.85. The van der Waals surface area contributed by atoms with E-state index in [1.807, 2.05) is 13.8 Å². The van der Waals surface area contributed by atoms with Gasteiger partial charge in [-0.1, -0.05) is 13.8 Å². The van der Waals surface area contributed by atoms with E-state index < -0.39 is 5.97 Å². The zero-order valence-corrected chi connectivity index (χ0v) is 12.2. The zero-order chi connectivity index (χ0) is 15.1. The molecule has 0 aromatic carbocycles. The van der Waals surface area contributed by atoms with Crippen molar-refractivity contribution in [2.24, 2.45) is 0 Å². The molecule has 1 amide bonds. The molecule has 3 N–H and O–H groups in total. The summed E-state index contributed by atoms with van der Waals surface area (Å²) in [6, 6.07) is 0. The number of nitrogens with one attached hydrogen (secondary N) is 1. The quantitative estimate of drug-likeness (QED) is 0.726. The first-order valence-electron chi connectivity index (χ1n) is 6.82. The van der Waals surface area contributed by atoms with Gasteiger partial charge < -0.3 is 15.4 Å². The molecule has 0 unspecified atom stereocenters. The molecule has 1 rings (SSSR count). The topological polar surface area (TPSA) is 101 Å². The highest BCUT2D eigenvalue weighted by Crippen LogP contribution is 2.16. The van der Waals surface area contributed by atoms with Crippen LogP contribution in [0.3, 0.4) is 0 Å². The number of rotatable bonds is 7. The Labute approximate surface area is 118 Å². The fraction of sp³-hybridized carbons (Fsp3) is 0.615. The van der Waals surface area contributed by atoms with Gasteiger partial charge in [0, 0.05) is 6.54 Å². The van der Waals surface area contributed by atoms with Gasteiger partial charge in [0.15, 0.2) is 5.69 Å². The molecule has 0 aliphatic rings. The minimum Gasteiger partial charge on any atom is -0.465 e. The SMILES string of the molecule is CCCN(CC(=O)OCC)C(=O)c1n[nH]c(CC)c1N. The average molecular weight is 282 g/mol. The van der Waals surface area contributed by atoms with E-state index in [4.69, 9.17) is 10.5 Å². The van der Waals surface area contributed by atoms with Gasteiger partial charge in [-0.15, -0.1) is 0 Å². The summed E-state index contributed by atoms with van der Waals surface area (Å²) in [6.07, 6.45) is 1.40. The number of nitrogens with zero attached hydrogens (tertiary/aromatic N) is 2. The van der Waals surface area contributed by atoms with Crippen molar-refractivity contribution in [1.29, 1.82) is 0 Å². The monoisotopic (exact) mass is 282 g/mol. The third kappa shape index (κ3) is 3.72. The van der Waals surface area contributed by atoms with E-state index in [2.05, 4.69) is 10.2 Å². The maximum Gasteiger partial charge on any atom is 0.325 e. The van der Waals surface area contributed by atoms with E-state index in [1.54, 1.807) is 6.92 Å². The molecule has 0 fully saturated rings. The van der Waals surface area contributed by atoms with Gasteiger partial charge in [0.25, 0.3) is 5.91 Å². The number of nitrogens with two attached hydrogens (primary N) is 1. The number of hydrogen-bond donors (Lipinski definition) is 2. The molecule has 1 aromatic heterocycles. The molecule has 0 saturated heterocycles. The van der Waals surface area contributed by atoms with E-state index in [0.29, 0.717) is 18.7 Å². The molecule has 1 heterocycles. The molecule has 7 heteroatoms. The first-order valence-corrected chi connectivity index (χ1v) is 6.82. The lowest BCUT2D eigenvalue weighted by Gasteiger charge is -2.20. The maximum absolute atomic E-state index is 12.4. The summed E-state index contributed by atoms with van der Waals surface area (Å²) in [7, 11) is 0. The van der Waals surface area contributed by atoms with Gasteiger partial charge in [-0.25, -0.2) is 0 Å². The highest BCUT2D eigenvalue weighted by atomic mass is 16.5. The van der Waals surface area contributed by atoms with Crippen molar-refractivity contribution in [2.75, 3.05) is 25.4 Å². The van der Waals surface area contributed by atoms with Crippen LogP contribution in [0.1, 0.15) is 43.4 Å². The summed E-state index contributed by atoms with van der Waals surface area (Å²) in [5.74, 6) is -0.785. The lowest BCUT2D eigenvalue weighted by molar-refractivity contribution is -0.143. The number of ether oxygens (including phenoxy) is 1. The summed E-state index contributed by atoms with van der Waals surface area (Å²) in [5.41, 5.74) is 7.12. The molecule has 0 aliphatic heterocycles. The van der Waals surface area contributed by atoms with Gasteiger partial charge in [-0.05, 0) is 19.8 Å². The number of H-pyrrole nitrogens is 1. The molecule has 0 radical (unpaired) electrons. The number of aryl methyl sites for hydroxylation is 1. The van der Waals surface area contributed by atoms with Crippen LogP contribution in [-0.4, -0.2) is 46.7 Å². The maximum atomic E-state index is 12.4. The standard InChI is InChI=1S/C13H22N4O3/c1-4-7-17(8-10(18)20-6-3)13(19)12-11(14)9(5-2)15-16-12/h4-8,14H2,1-3H3,(H,15,16). The van der Waals surface area contributed by atoms with Crippen LogP contribution >= 0.6 is 0 Å². The lowest BCUT2D eigenvalue weighted by Crippen LogP contribution is -2.37. The Kier molecular flexibility index (Phi) is 6.02. The minimum absolute atomic E-state index is 0.0890. The van der Waals surface area contributed by atoms with Crippen LogP contribution in [0.15, 0.2) is 0 Å². The summed E-state index contributed by atoms with van der Waals surface area (Å²) >= 11 is 0. The number of amides is 1. The van der Waals surface area contributed by atoms with Crippen molar-refractivity contribution in [1.82, 2.24) is 15.1 Å². The third-order valence-corrected chi connectivity index (χ3v) is 2.85. The molecule has 20 heavy (non-hydrogen) atoms. The molecular formula is C13H22N4O3. The Morgan fingerprint density at radius 1 is 1.35 bits per heavy atom. The van der Waals surface area contributed by atoms with Gasteiger partial charge in [0.2, 0.25) is 0 Å². The first-order chi connectivity index (χ1) is 9.54. The van der Waals surface area contributed by atoms with Gasteiger partial charge in [-0.2, -0.15) is 5.10 Å². The van der Waals surface area contributed by atoms with Crippen molar-refractivity contribution in [3.8, 4) is 0 Å². The Morgan fingerprint density at radius 2 is 2.05 bits per heavy atom. The second-order valence-corrected chi connectivity index (χ2v) is 4.35. The van der Waals surface area contributed by atoms with Crippen LogP contribution in [0, 0.1) is 0 Å². The van der Waals surface area contributed by atoms with Gasteiger partial charge in [0.05, 0.1) is 18.0 Å². The Morgan fingerprint density at radius 3 is 2.55 bits per heavy atom. The second kappa shape index (κ2) is 7.52. The van der Waals surface area contributed by atoms with E-state index in [1.165, 1.54) is 4.90 Å². The molecule has 1 aromatic rings. The van der Waals surface area contributed by atoms with Crippen LogP contribution < -0.4 is 5.73 Å². The number of carbonyl (C=O) groups excluding carboxylic acids is 2. The molecule has 0 aliphatic carbocycles. The number of aromatic amines is 1. The van der Waals surface area contributed by atoms with Crippen molar-refractivity contribution in [2.45, 2.75) is 33.6 Å².